The molecule has 7 aromatic carbocycles. The molecule has 0 unspecified atom stereocenters. The molecule has 0 saturated carbocycles. The van der Waals surface area contributed by atoms with E-state index < -0.39 is 0 Å². The Balaban J connectivity index is 1.27. The summed E-state index contributed by atoms with van der Waals surface area (Å²) in [6.07, 6.45) is 0. The zero-order valence-corrected chi connectivity index (χ0v) is 25.8. The van der Waals surface area contributed by atoms with Crippen molar-refractivity contribution in [1.82, 2.24) is 4.57 Å². The van der Waals surface area contributed by atoms with E-state index in [9.17, 15) is 0 Å². The van der Waals surface area contributed by atoms with Crippen molar-refractivity contribution in [3.05, 3.63) is 152 Å². The second-order valence-electron chi connectivity index (χ2n) is 11.7. The van der Waals surface area contributed by atoms with Crippen LogP contribution in [0.4, 0.5) is 0 Å². The maximum absolute atomic E-state index is 2.46. The first kappa shape index (κ1) is 25.1. The summed E-state index contributed by atoms with van der Waals surface area (Å²) in [5.41, 5.74) is 8.76. The van der Waals surface area contributed by atoms with Gasteiger partial charge in [-0.1, -0.05) is 109 Å². The Hall–Kier alpha value is -5.22. The van der Waals surface area contributed by atoms with Crippen molar-refractivity contribution in [2.24, 2.45) is 0 Å². The number of hydrogen-bond donors (Lipinski definition) is 0. The summed E-state index contributed by atoms with van der Waals surface area (Å²) in [6.45, 7) is 0. The number of thiophene rings is 2. The molecule has 3 heterocycles. The van der Waals surface area contributed by atoms with Gasteiger partial charge < -0.3 is 4.57 Å². The Morgan fingerprint density at radius 2 is 1.02 bits per heavy atom. The fraction of sp³-hybridized carbons (Fsp3) is 0. The van der Waals surface area contributed by atoms with Gasteiger partial charge >= 0.3 is 0 Å². The molecule has 45 heavy (non-hydrogen) atoms. The molecule has 0 aliphatic rings. The number of rotatable bonds is 3. The lowest BCUT2D eigenvalue weighted by atomic mass is 9.95. The van der Waals surface area contributed by atoms with Crippen LogP contribution in [0.3, 0.4) is 0 Å². The number of para-hydroxylation sites is 2. The first-order valence-electron chi connectivity index (χ1n) is 15.3. The van der Waals surface area contributed by atoms with Crippen LogP contribution >= 0.6 is 22.7 Å². The molecule has 3 heteroatoms. The lowest BCUT2D eigenvalue weighted by molar-refractivity contribution is 1.20. The zero-order valence-electron chi connectivity index (χ0n) is 24.2. The van der Waals surface area contributed by atoms with Gasteiger partial charge in [-0.25, -0.2) is 0 Å². The molecule has 10 rings (SSSR count). The van der Waals surface area contributed by atoms with Crippen molar-refractivity contribution >= 4 is 84.8 Å². The minimum Gasteiger partial charge on any atom is -0.308 e. The van der Waals surface area contributed by atoms with Gasteiger partial charge in [0.15, 0.2) is 0 Å². The molecule has 0 N–H and O–H groups in total. The van der Waals surface area contributed by atoms with Crippen molar-refractivity contribution in [3.8, 4) is 27.9 Å². The highest BCUT2D eigenvalue weighted by Crippen LogP contribution is 2.46. The minimum absolute atomic E-state index is 1.23. The molecule has 0 radical (unpaired) electrons. The van der Waals surface area contributed by atoms with E-state index in [4.69, 9.17) is 0 Å². The van der Waals surface area contributed by atoms with Gasteiger partial charge in [0.2, 0.25) is 0 Å². The highest BCUT2D eigenvalue weighted by molar-refractivity contribution is 7.27. The van der Waals surface area contributed by atoms with Crippen LogP contribution in [0.1, 0.15) is 0 Å². The van der Waals surface area contributed by atoms with Gasteiger partial charge in [0.25, 0.3) is 0 Å². The highest BCUT2D eigenvalue weighted by atomic mass is 32.1. The molecule has 0 spiro atoms. The third kappa shape index (κ3) is 3.72. The normalized spacial score (nSPS) is 12.0. The molecule has 0 bridgehead atoms. The van der Waals surface area contributed by atoms with E-state index in [-0.39, 0.29) is 0 Å². The lowest BCUT2D eigenvalue weighted by Crippen LogP contribution is -1.93. The van der Waals surface area contributed by atoms with Crippen molar-refractivity contribution in [3.63, 3.8) is 0 Å². The van der Waals surface area contributed by atoms with Crippen LogP contribution in [-0.2, 0) is 0 Å². The van der Waals surface area contributed by atoms with E-state index in [0.717, 1.165) is 0 Å². The predicted octanol–water partition coefficient (Wildman–Crippen LogP) is 12.9. The predicted molar refractivity (Wildman–Crippen MR) is 197 cm³/mol. The van der Waals surface area contributed by atoms with E-state index in [1.54, 1.807) is 0 Å². The number of nitrogens with zero attached hydrogens (tertiary/aromatic N) is 1. The second kappa shape index (κ2) is 9.64. The monoisotopic (exact) mass is 607 g/mol. The van der Waals surface area contributed by atoms with Gasteiger partial charge in [-0.05, 0) is 59.2 Å². The van der Waals surface area contributed by atoms with Crippen LogP contribution < -0.4 is 0 Å². The van der Waals surface area contributed by atoms with E-state index in [2.05, 4.69) is 156 Å². The smallest absolute Gasteiger partial charge is 0.0640 e. The quantitative estimate of drug-likeness (QED) is 0.188. The SMILES string of the molecule is c1ccc(-c2cc(-c3ccc4c(c3)sc3ccccc34)cc3c2sc2c(-n4c5ccccc5c5ccccc54)cccc23)cc1. The van der Waals surface area contributed by atoms with Crippen LogP contribution in [-0.4, -0.2) is 4.57 Å². The molecule has 0 aliphatic heterocycles. The number of hydrogen-bond acceptors (Lipinski definition) is 2. The summed E-state index contributed by atoms with van der Waals surface area (Å²) >= 11 is 3.80. The van der Waals surface area contributed by atoms with Gasteiger partial charge in [-0.15, -0.1) is 22.7 Å². The molecule has 0 aliphatic carbocycles. The number of fused-ring (bicyclic) bond motifs is 9. The maximum Gasteiger partial charge on any atom is 0.0640 e. The van der Waals surface area contributed by atoms with Crippen LogP contribution in [0.15, 0.2) is 152 Å². The van der Waals surface area contributed by atoms with Crippen LogP contribution in [0.25, 0.3) is 90.1 Å². The molecule has 0 fully saturated rings. The summed E-state index contributed by atoms with van der Waals surface area (Å²) in [7, 11) is 0. The third-order valence-corrected chi connectivity index (χ3v) is 11.6. The molecule has 0 atom stereocenters. The van der Waals surface area contributed by atoms with Crippen LogP contribution in [0, 0.1) is 0 Å². The summed E-state index contributed by atoms with van der Waals surface area (Å²) < 4.78 is 7.77. The van der Waals surface area contributed by atoms with Gasteiger partial charge in [-0.2, -0.15) is 0 Å². The Labute approximate surface area is 267 Å². The van der Waals surface area contributed by atoms with Crippen molar-refractivity contribution in [1.29, 1.82) is 0 Å². The Bertz CT molecular complexity index is 2710. The first-order valence-corrected chi connectivity index (χ1v) is 16.9. The zero-order chi connectivity index (χ0) is 29.5. The molecule has 3 aromatic heterocycles. The maximum atomic E-state index is 2.46. The van der Waals surface area contributed by atoms with Crippen LogP contribution in [0.5, 0.6) is 0 Å². The standard InChI is InChI=1S/C42H25NS2/c1-2-11-26(12-3-1)34-23-28(27-21-22-32-31-15-6-9-20-39(31)44-40(32)25-27)24-35-33-16-10-19-38(42(33)45-41(34)35)43-36-17-7-4-13-29(36)30-14-5-8-18-37(30)43/h1-25H. The largest absolute Gasteiger partial charge is 0.308 e. The summed E-state index contributed by atoms with van der Waals surface area (Å²) in [6, 6.07) is 55.8. The van der Waals surface area contributed by atoms with Crippen molar-refractivity contribution < 1.29 is 0 Å². The number of benzene rings is 7. The Morgan fingerprint density at radius 1 is 0.356 bits per heavy atom. The highest BCUT2D eigenvalue weighted by Gasteiger charge is 2.19. The molecule has 1 nitrogen and oxygen atoms in total. The molecule has 210 valence electrons. The third-order valence-electron chi connectivity index (χ3n) is 9.20. The van der Waals surface area contributed by atoms with Gasteiger partial charge in [0, 0.05) is 52.0 Å². The van der Waals surface area contributed by atoms with Crippen LogP contribution in [0.2, 0.25) is 0 Å². The fourth-order valence-corrected chi connectivity index (χ4v) is 9.61. The average Bonchev–Trinajstić information content (AvgIpc) is 3.77. The van der Waals surface area contributed by atoms with E-state index >= 15 is 0 Å². The molecule has 0 amide bonds. The van der Waals surface area contributed by atoms with Gasteiger partial charge in [0.05, 0.1) is 21.4 Å². The van der Waals surface area contributed by atoms with E-state index in [0.29, 0.717) is 0 Å². The van der Waals surface area contributed by atoms with Gasteiger partial charge in [0.1, 0.15) is 0 Å². The van der Waals surface area contributed by atoms with E-state index in [1.165, 1.54) is 90.1 Å². The lowest BCUT2D eigenvalue weighted by Gasteiger charge is -2.09. The number of aromatic nitrogens is 1. The topological polar surface area (TPSA) is 4.93 Å². The average molecular weight is 608 g/mol. The molecule has 0 saturated heterocycles. The Kier molecular flexibility index (Phi) is 5.39. The fourth-order valence-electron chi connectivity index (χ4n) is 7.15. The Morgan fingerprint density at radius 3 is 1.82 bits per heavy atom. The summed E-state index contributed by atoms with van der Waals surface area (Å²) in [5, 5.41) is 7.86. The van der Waals surface area contributed by atoms with E-state index in [1.807, 2.05) is 22.7 Å². The molecular formula is C42H25NS2. The summed E-state index contributed by atoms with van der Waals surface area (Å²) in [4.78, 5) is 0. The van der Waals surface area contributed by atoms with Gasteiger partial charge in [-0.3, -0.25) is 0 Å². The molecule has 10 aromatic rings. The van der Waals surface area contributed by atoms with Crippen molar-refractivity contribution in [2.45, 2.75) is 0 Å². The molecular weight excluding hydrogens is 583 g/mol. The second-order valence-corrected chi connectivity index (χ2v) is 13.8. The first-order chi connectivity index (χ1) is 22.3. The minimum atomic E-state index is 1.23. The summed E-state index contributed by atoms with van der Waals surface area (Å²) in [5.74, 6) is 0. The van der Waals surface area contributed by atoms with Crippen molar-refractivity contribution in [2.75, 3.05) is 0 Å².